The molecule has 1 aromatic rings. The van der Waals surface area contributed by atoms with E-state index in [4.69, 9.17) is 0 Å². The van der Waals surface area contributed by atoms with Crippen molar-refractivity contribution in [2.24, 2.45) is 11.8 Å². The Morgan fingerprint density at radius 3 is 2.90 bits per heavy atom. The Bertz CT molecular complexity index is 522. The molecule has 1 aromatic heterocycles. The Kier molecular flexibility index (Phi) is 4.62. The molecule has 2 aliphatic heterocycles. The van der Waals surface area contributed by atoms with Gasteiger partial charge in [-0.05, 0) is 31.3 Å². The Hall–Kier alpha value is -1.18. The minimum absolute atomic E-state index is 0. The number of hydrogen-bond acceptors (Lipinski definition) is 5. The van der Waals surface area contributed by atoms with E-state index in [1.807, 2.05) is 4.90 Å². The summed E-state index contributed by atoms with van der Waals surface area (Å²) >= 11 is 1.01. The predicted molar refractivity (Wildman–Crippen MR) is 78.6 cm³/mol. The molecule has 2 aliphatic rings. The molecule has 0 bridgehead atoms. The van der Waals surface area contributed by atoms with Gasteiger partial charge < -0.3 is 10.2 Å². The summed E-state index contributed by atoms with van der Waals surface area (Å²) in [5, 5.41) is 15.6. The molecule has 20 heavy (non-hydrogen) atoms. The molecule has 1 amide bonds. The zero-order valence-electron chi connectivity index (χ0n) is 10.8. The Balaban J connectivity index is 0.00000147. The van der Waals surface area contributed by atoms with Gasteiger partial charge in [0.05, 0.1) is 10.5 Å². The van der Waals surface area contributed by atoms with Crippen molar-refractivity contribution >= 4 is 34.7 Å². The predicted octanol–water partition coefficient (Wildman–Crippen LogP) is 1.76. The van der Waals surface area contributed by atoms with Crippen molar-refractivity contribution in [3.05, 3.63) is 27.1 Å². The average Bonchev–Trinajstić information content (AvgIpc) is 3.06. The second-order valence-corrected chi connectivity index (χ2v) is 6.04. The highest BCUT2D eigenvalue weighted by molar-refractivity contribution is 7.13. The third-order valence-electron chi connectivity index (χ3n) is 4.00. The van der Waals surface area contributed by atoms with Crippen LogP contribution < -0.4 is 5.32 Å². The molecular weight excluding hydrogens is 302 g/mol. The third-order valence-corrected chi connectivity index (χ3v) is 4.88. The number of likely N-dealkylation sites (tertiary alicyclic amines) is 1. The molecule has 2 saturated heterocycles. The first-order chi connectivity index (χ1) is 9.15. The molecule has 0 saturated carbocycles. The van der Waals surface area contributed by atoms with E-state index in [1.165, 1.54) is 6.07 Å². The minimum Gasteiger partial charge on any atom is -0.338 e. The highest BCUT2D eigenvalue weighted by Gasteiger charge is 2.35. The van der Waals surface area contributed by atoms with Crippen LogP contribution in [-0.4, -0.2) is 41.9 Å². The number of nitrogens with zero attached hydrogens (tertiary/aromatic N) is 2. The summed E-state index contributed by atoms with van der Waals surface area (Å²) in [7, 11) is 0. The quantitative estimate of drug-likeness (QED) is 0.666. The number of nitro groups is 1. The van der Waals surface area contributed by atoms with Crippen LogP contribution in [0.15, 0.2) is 11.4 Å². The van der Waals surface area contributed by atoms with Gasteiger partial charge in [0.25, 0.3) is 5.91 Å². The summed E-state index contributed by atoms with van der Waals surface area (Å²) in [4.78, 5) is 24.3. The van der Waals surface area contributed by atoms with E-state index >= 15 is 0 Å². The molecular formula is C12H16ClN3O3S. The molecule has 110 valence electrons. The monoisotopic (exact) mass is 317 g/mol. The maximum absolute atomic E-state index is 12.3. The van der Waals surface area contributed by atoms with E-state index in [2.05, 4.69) is 5.32 Å². The van der Waals surface area contributed by atoms with Gasteiger partial charge in [-0.3, -0.25) is 14.9 Å². The molecule has 0 spiro atoms. The molecule has 0 aliphatic carbocycles. The van der Waals surface area contributed by atoms with Crippen LogP contribution in [0.4, 0.5) is 5.00 Å². The molecule has 0 aromatic carbocycles. The highest BCUT2D eigenvalue weighted by Crippen LogP contribution is 2.29. The van der Waals surface area contributed by atoms with Crippen molar-refractivity contribution in [1.82, 2.24) is 10.2 Å². The summed E-state index contributed by atoms with van der Waals surface area (Å²) in [6.07, 6.45) is 1.02. The molecule has 1 N–H and O–H groups in total. The van der Waals surface area contributed by atoms with Crippen LogP contribution in [0.5, 0.6) is 0 Å². The van der Waals surface area contributed by atoms with Crippen LogP contribution in [0, 0.1) is 22.0 Å². The van der Waals surface area contributed by atoms with Crippen LogP contribution in [-0.2, 0) is 0 Å². The largest absolute Gasteiger partial charge is 0.338 e. The second kappa shape index (κ2) is 6.07. The SMILES string of the molecule is Cl.O=C(c1csc([N+](=O)[O-])c1)N1CCC2CNCC2C1. The van der Waals surface area contributed by atoms with E-state index in [0.717, 1.165) is 43.9 Å². The number of fused-ring (bicyclic) bond motifs is 1. The lowest BCUT2D eigenvalue weighted by atomic mass is 9.88. The number of thiophene rings is 1. The van der Waals surface area contributed by atoms with Crippen molar-refractivity contribution < 1.29 is 9.72 Å². The lowest BCUT2D eigenvalue weighted by Gasteiger charge is -2.34. The maximum atomic E-state index is 12.3. The number of carbonyl (C=O) groups is 1. The number of rotatable bonds is 2. The van der Waals surface area contributed by atoms with Crippen LogP contribution in [0.2, 0.25) is 0 Å². The van der Waals surface area contributed by atoms with Crippen molar-refractivity contribution in [1.29, 1.82) is 0 Å². The molecule has 6 nitrogen and oxygen atoms in total. The van der Waals surface area contributed by atoms with Gasteiger partial charge in [-0.25, -0.2) is 0 Å². The first kappa shape index (κ1) is 15.2. The van der Waals surface area contributed by atoms with E-state index in [9.17, 15) is 14.9 Å². The smallest absolute Gasteiger partial charge is 0.324 e. The summed E-state index contributed by atoms with van der Waals surface area (Å²) in [5.41, 5.74) is 0.445. The number of amides is 1. The topological polar surface area (TPSA) is 75.5 Å². The van der Waals surface area contributed by atoms with Crippen LogP contribution in [0.3, 0.4) is 0 Å². The first-order valence-electron chi connectivity index (χ1n) is 6.38. The van der Waals surface area contributed by atoms with Crippen molar-refractivity contribution in [2.45, 2.75) is 6.42 Å². The summed E-state index contributed by atoms with van der Waals surface area (Å²) in [6.45, 7) is 3.54. The van der Waals surface area contributed by atoms with Crippen LogP contribution >= 0.6 is 23.7 Å². The molecule has 3 heterocycles. The molecule has 2 unspecified atom stereocenters. The van der Waals surface area contributed by atoms with Gasteiger partial charge in [-0.2, -0.15) is 0 Å². The molecule has 2 atom stereocenters. The van der Waals surface area contributed by atoms with E-state index in [0.29, 0.717) is 17.4 Å². The van der Waals surface area contributed by atoms with Gasteiger partial charge in [0.15, 0.2) is 0 Å². The fraction of sp³-hybridized carbons (Fsp3) is 0.583. The number of carbonyl (C=O) groups excluding carboxylic acids is 1. The van der Waals surface area contributed by atoms with Crippen molar-refractivity contribution in [3.63, 3.8) is 0 Å². The standard InChI is InChI=1S/C12H15N3O3S.ClH/c16-12(9-3-11(15(17)18)19-7-9)14-2-1-8-4-13-5-10(8)6-14;/h3,7-8,10,13H,1-2,4-6H2;1H. The molecule has 3 rings (SSSR count). The number of nitrogens with one attached hydrogen (secondary N) is 1. The number of hydrogen-bond donors (Lipinski definition) is 1. The fourth-order valence-electron chi connectivity index (χ4n) is 2.93. The highest BCUT2D eigenvalue weighted by atomic mass is 35.5. The zero-order valence-corrected chi connectivity index (χ0v) is 12.4. The lowest BCUT2D eigenvalue weighted by Crippen LogP contribution is -2.43. The maximum Gasteiger partial charge on any atom is 0.324 e. The fourth-order valence-corrected chi connectivity index (χ4v) is 3.63. The minimum atomic E-state index is -0.450. The van der Waals surface area contributed by atoms with Gasteiger partial charge in [-0.15, -0.1) is 12.4 Å². The van der Waals surface area contributed by atoms with E-state index in [-0.39, 0.29) is 23.3 Å². The Labute approximate surface area is 126 Å². The van der Waals surface area contributed by atoms with E-state index in [1.54, 1.807) is 5.38 Å². The molecule has 8 heteroatoms. The van der Waals surface area contributed by atoms with Gasteiger partial charge in [0, 0.05) is 24.5 Å². The summed E-state index contributed by atoms with van der Waals surface area (Å²) in [6, 6.07) is 1.38. The normalized spacial score (nSPS) is 24.9. The zero-order chi connectivity index (χ0) is 13.4. The summed E-state index contributed by atoms with van der Waals surface area (Å²) < 4.78 is 0. The van der Waals surface area contributed by atoms with Gasteiger partial charge in [0.1, 0.15) is 0 Å². The summed E-state index contributed by atoms with van der Waals surface area (Å²) in [5.74, 6) is 1.14. The molecule has 0 radical (unpaired) electrons. The average molecular weight is 318 g/mol. The second-order valence-electron chi connectivity index (χ2n) is 5.15. The first-order valence-corrected chi connectivity index (χ1v) is 7.26. The van der Waals surface area contributed by atoms with Crippen molar-refractivity contribution in [3.8, 4) is 0 Å². The van der Waals surface area contributed by atoms with Crippen molar-refractivity contribution in [2.75, 3.05) is 26.2 Å². The third kappa shape index (κ3) is 2.79. The van der Waals surface area contributed by atoms with Gasteiger partial charge in [0.2, 0.25) is 0 Å². The number of piperidine rings is 1. The van der Waals surface area contributed by atoms with Gasteiger partial charge >= 0.3 is 5.00 Å². The Morgan fingerprint density at radius 1 is 1.45 bits per heavy atom. The van der Waals surface area contributed by atoms with Gasteiger partial charge in [-0.1, -0.05) is 11.3 Å². The van der Waals surface area contributed by atoms with Crippen LogP contribution in [0.1, 0.15) is 16.8 Å². The Morgan fingerprint density at radius 2 is 2.20 bits per heavy atom. The van der Waals surface area contributed by atoms with Crippen LogP contribution in [0.25, 0.3) is 0 Å². The van der Waals surface area contributed by atoms with E-state index < -0.39 is 4.92 Å². The molecule has 2 fully saturated rings. The number of halogens is 1. The lowest BCUT2D eigenvalue weighted by molar-refractivity contribution is -0.380.